The first-order valence-electron chi connectivity index (χ1n) is 17.3. The Balaban J connectivity index is 1.51. The van der Waals surface area contributed by atoms with Crippen LogP contribution in [0.4, 0.5) is 5.69 Å². The van der Waals surface area contributed by atoms with Crippen LogP contribution in [0.3, 0.4) is 0 Å². The number of hydrogen-bond acceptors (Lipinski definition) is 11. The maximum Gasteiger partial charge on any atom is 0.303 e. The predicted octanol–water partition coefficient (Wildman–Crippen LogP) is 4.93. The van der Waals surface area contributed by atoms with Gasteiger partial charge in [0.05, 0.1) is 19.9 Å². The summed E-state index contributed by atoms with van der Waals surface area (Å²) in [5, 5.41) is 9.80. The highest BCUT2D eigenvalue weighted by molar-refractivity contribution is 7.89. The van der Waals surface area contributed by atoms with Crippen LogP contribution in [0, 0.1) is 0 Å². The van der Waals surface area contributed by atoms with E-state index in [2.05, 4.69) is 4.90 Å². The average molecular weight is 795 g/mol. The van der Waals surface area contributed by atoms with E-state index in [1.807, 2.05) is 36.6 Å². The van der Waals surface area contributed by atoms with Gasteiger partial charge in [0.2, 0.25) is 15.5 Å². The monoisotopic (exact) mass is 794 g/mol. The normalized spacial score (nSPS) is 17.8. The van der Waals surface area contributed by atoms with Crippen molar-refractivity contribution in [2.45, 2.75) is 93.4 Å². The molecule has 0 amide bonds. The molecule has 284 valence electrons. The third-order valence-electron chi connectivity index (χ3n) is 9.60. The summed E-state index contributed by atoms with van der Waals surface area (Å²) in [5.74, 6) is -1.35. The second-order valence-corrected chi connectivity index (χ2v) is 19.6. The maximum atomic E-state index is 13.5. The van der Waals surface area contributed by atoms with Crippen LogP contribution >= 0.6 is 11.3 Å². The number of carboxylic acid groups (broad SMARTS) is 1. The van der Waals surface area contributed by atoms with Crippen molar-refractivity contribution in [2.24, 2.45) is 0 Å². The van der Waals surface area contributed by atoms with Crippen molar-refractivity contribution < 1.29 is 48.8 Å². The maximum absolute atomic E-state index is 13.5. The third-order valence-corrected chi connectivity index (χ3v) is 14.2. The largest absolute Gasteiger partial charge is 0.748 e. The van der Waals surface area contributed by atoms with E-state index in [0.717, 1.165) is 45.9 Å². The van der Waals surface area contributed by atoms with Crippen LogP contribution in [0.5, 0.6) is 0 Å². The van der Waals surface area contributed by atoms with E-state index in [0.29, 0.717) is 57.4 Å². The van der Waals surface area contributed by atoms with Crippen molar-refractivity contribution in [1.29, 1.82) is 0 Å². The quantitative estimate of drug-likeness (QED) is 0.117. The summed E-state index contributed by atoms with van der Waals surface area (Å²) < 4.78 is 101. The summed E-state index contributed by atoms with van der Waals surface area (Å²) in [7, 11) is -12.8. The number of unbranched alkanes of at least 4 members (excludes halogenated alkanes) is 3. The fraction of sp³-hybridized carbons (Fsp3) is 0.486. The van der Waals surface area contributed by atoms with Crippen LogP contribution in [-0.2, 0) is 47.0 Å². The molecule has 0 aliphatic carbocycles. The minimum atomic E-state index is -4.70. The van der Waals surface area contributed by atoms with Crippen LogP contribution in [0.2, 0.25) is 0 Å². The van der Waals surface area contributed by atoms with Crippen molar-refractivity contribution in [2.75, 3.05) is 30.3 Å². The first kappa shape index (κ1) is 40.0. The lowest BCUT2D eigenvalue weighted by molar-refractivity contribution is -0.669. The van der Waals surface area contributed by atoms with Crippen molar-refractivity contribution in [3.05, 3.63) is 64.8 Å². The zero-order chi connectivity index (χ0) is 37.9. The summed E-state index contributed by atoms with van der Waals surface area (Å²) in [6.07, 6.45) is 10.7. The summed E-state index contributed by atoms with van der Waals surface area (Å²) in [5.41, 5.74) is 2.31. The Morgan fingerprint density at radius 3 is 2.31 bits per heavy atom. The molecule has 1 aromatic heterocycles. The number of rotatable bonds is 16. The molecule has 0 bridgehead atoms. The lowest BCUT2D eigenvalue weighted by Gasteiger charge is -2.27. The molecule has 1 fully saturated rings. The molecule has 2 aliphatic heterocycles. The fourth-order valence-corrected chi connectivity index (χ4v) is 10.7. The zero-order valence-corrected chi connectivity index (χ0v) is 32.5. The molecule has 1 N–H and O–H groups in total. The molecule has 13 nitrogen and oxygen atoms in total. The van der Waals surface area contributed by atoms with Crippen LogP contribution in [0.25, 0.3) is 16.3 Å². The van der Waals surface area contributed by atoms with Crippen molar-refractivity contribution in [3.8, 4) is 0 Å². The van der Waals surface area contributed by atoms with E-state index in [1.54, 1.807) is 24.3 Å². The minimum absolute atomic E-state index is 0.0613. The van der Waals surface area contributed by atoms with Crippen LogP contribution in [0.15, 0.2) is 64.0 Å². The number of hydrogen-bond donors (Lipinski definition) is 1. The second-order valence-electron chi connectivity index (χ2n) is 13.7. The van der Waals surface area contributed by atoms with Gasteiger partial charge in [0.25, 0.3) is 5.01 Å². The van der Waals surface area contributed by atoms with Gasteiger partial charge in [-0.1, -0.05) is 44.1 Å². The highest BCUT2D eigenvalue weighted by atomic mass is 32.2. The molecule has 1 saturated heterocycles. The van der Waals surface area contributed by atoms with E-state index in [4.69, 9.17) is 5.11 Å². The highest BCUT2D eigenvalue weighted by Gasteiger charge is 2.40. The average Bonchev–Trinajstić information content (AvgIpc) is 3.52. The van der Waals surface area contributed by atoms with Gasteiger partial charge < -0.3 is 19.1 Å². The lowest BCUT2D eigenvalue weighted by atomic mass is 9.83. The number of sulfonamides is 1. The molecule has 52 heavy (non-hydrogen) atoms. The molecular formula is C35H44N3O10S4-. The number of piperidine rings is 1. The molecule has 5 rings (SSSR count). The van der Waals surface area contributed by atoms with Crippen LogP contribution in [0.1, 0.15) is 82.2 Å². The number of thiazole rings is 1. The first-order chi connectivity index (χ1) is 24.4. The second kappa shape index (κ2) is 16.0. The van der Waals surface area contributed by atoms with Crippen molar-refractivity contribution >= 4 is 69.5 Å². The number of aromatic nitrogens is 1. The van der Waals surface area contributed by atoms with Gasteiger partial charge in [-0.05, 0) is 74.1 Å². The predicted molar refractivity (Wildman–Crippen MR) is 196 cm³/mol. The minimum Gasteiger partial charge on any atom is -0.748 e. The van der Waals surface area contributed by atoms with Gasteiger partial charge >= 0.3 is 5.97 Å². The SMILES string of the molecule is CC1(C)/C(=C\C=C\c2sc3cc(S(=O)(=O)N4CCCCC4)ccc3[n+]2CCCCS(=O)(=O)[O-])N(CCCCCC(=O)O)c2ccc(S(=O)(=O)[O-])cc21. The first-order valence-corrected chi connectivity index (χ1v) is 22.5. The molecule has 3 heterocycles. The number of carboxylic acids is 1. The van der Waals surface area contributed by atoms with Gasteiger partial charge in [0.1, 0.15) is 14.8 Å². The number of nitrogens with zero attached hydrogens (tertiary/aromatic N) is 3. The standard InChI is InChI=1S/C35H45N3O10S4/c1-35(2)28-24-27(52(46,47)48)16-17-29(28)37(21-8-3-5-14-34(39)40)32(35)12-11-13-33-38(22-9-10-23-50(41,42)43)30-18-15-26(25-31(30)49-33)51(44,45)36-19-6-4-7-20-36/h11-13,15-18,24-25H,3-10,14,19-23H2,1-2H3,(H2-,39,40,41,42,43,46,47,48)/p-1. The lowest BCUT2D eigenvalue weighted by Crippen LogP contribution is -2.36. The van der Waals surface area contributed by atoms with E-state index < -0.39 is 47.4 Å². The molecule has 2 aromatic carbocycles. The zero-order valence-electron chi connectivity index (χ0n) is 29.2. The summed E-state index contributed by atoms with van der Waals surface area (Å²) in [6.45, 7) is 5.73. The number of fused-ring (bicyclic) bond motifs is 2. The van der Waals surface area contributed by atoms with Crippen LogP contribution < -0.4 is 9.47 Å². The third kappa shape index (κ3) is 9.29. The number of aryl methyl sites for hydroxylation is 1. The summed E-state index contributed by atoms with van der Waals surface area (Å²) in [4.78, 5) is 13.0. The molecule has 0 saturated carbocycles. The van der Waals surface area contributed by atoms with Crippen molar-refractivity contribution in [3.63, 3.8) is 0 Å². The summed E-state index contributed by atoms with van der Waals surface area (Å²) in [6, 6.07) is 9.36. The Morgan fingerprint density at radius 2 is 1.63 bits per heavy atom. The molecule has 0 radical (unpaired) electrons. The number of anilines is 1. The van der Waals surface area contributed by atoms with Gasteiger partial charge in [-0.3, -0.25) is 4.79 Å². The molecular weight excluding hydrogens is 751 g/mol. The smallest absolute Gasteiger partial charge is 0.303 e. The Kier molecular flexibility index (Phi) is 12.3. The van der Waals surface area contributed by atoms with E-state index in [1.165, 1.54) is 27.8 Å². The number of aliphatic carboxylic acids is 1. The molecule has 0 atom stereocenters. The summed E-state index contributed by atoms with van der Waals surface area (Å²) >= 11 is 1.38. The number of carbonyl (C=O) groups is 1. The molecule has 17 heteroatoms. The number of allylic oxidation sites excluding steroid dienone is 3. The van der Waals surface area contributed by atoms with Gasteiger partial charge in [-0.25, -0.2) is 25.3 Å². The highest BCUT2D eigenvalue weighted by Crippen LogP contribution is 2.48. The van der Waals surface area contributed by atoms with Gasteiger partial charge in [0.15, 0.2) is 6.54 Å². The van der Waals surface area contributed by atoms with Gasteiger partial charge in [-0.15, -0.1) is 0 Å². The fourth-order valence-electron chi connectivity index (χ4n) is 6.90. The Labute approximate surface area is 309 Å². The van der Waals surface area contributed by atoms with Crippen LogP contribution in [-0.4, -0.2) is 75.1 Å². The van der Waals surface area contributed by atoms with Gasteiger partial charge in [-0.2, -0.15) is 8.87 Å². The molecule has 2 aliphatic rings. The van der Waals surface area contributed by atoms with Gasteiger partial charge in [0, 0.05) is 67.2 Å². The molecule has 3 aromatic rings. The Hall–Kier alpha value is -3.19. The van der Waals surface area contributed by atoms with E-state index in [9.17, 15) is 39.2 Å². The number of benzene rings is 2. The topological polar surface area (TPSA) is 196 Å². The molecule has 0 spiro atoms. The Bertz CT molecular complexity index is 2200. The van der Waals surface area contributed by atoms with E-state index in [-0.39, 0.29) is 22.6 Å². The molecule has 0 unspecified atom stereocenters. The van der Waals surface area contributed by atoms with Crippen molar-refractivity contribution in [1.82, 2.24) is 4.31 Å². The Morgan fingerprint density at radius 1 is 0.923 bits per heavy atom. The van der Waals surface area contributed by atoms with E-state index >= 15 is 0 Å².